The van der Waals surface area contributed by atoms with Crippen LogP contribution in [0.15, 0.2) is 42.5 Å². The van der Waals surface area contributed by atoms with Crippen LogP contribution in [0, 0.1) is 18.3 Å². The zero-order valence-corrected chi connectivity index (χ0v) is 15.6. The molecule has 0 aliphatic carbocycles. The summed E-state index contributed by atoms with van der Waals surface area (Å²) in [6.45, 7) is 5.00. The number of nitrogens with zero attached hydrogens (tertiary/aromatic N) is 2. The van der Waals surface area contributed by atoms with Gasteiger partial charge in [0.05, 0.1) is 31.2 Å². The van der Waals surface area contributed by atoms with E-state index in [1.807, 2.05) is 6.07 Å². The molecule has 0 saturated carbocycles. The minimum Gasteiger partial charge on any atom is -0.379 e. The quantitative estimate of drug-likeness (QED) is 0.756. The molecule has 0 aromatic heterocycles. The molecule has 0 radical (unpaired) electrons. The summed E-state index contributed by atoms with van der Waals surface area (Å²) in [5.41, 5.74) is 3.12. The number of aryl methyl sites for hydroxylation is 1. The second-order valence-electron chi connectivity index (χ2n) is 6.28. The van der Waals surface area contributed by atoms with Gasteiger partial charge in [0.1, 0.15) is 0 Å². The summed E-state index contributed by atoms with van der Waals surface area (Å²) in [6, 6.07) is 16.1. The van der Waals surface area contributed by atoms with Crippen molar-refractivity contribution in [2.24, 2.45) is 0 Å². The first-order valence-corrected chi connectivity index (χ1v) is 9.08. The van der Waals surface area contributed by atoms with Crippen molar-refractivity contribution in [2.45, 2.75) is 18.9 Å². The van der Waals surface area contributed by atoms with Gasteiger partial charge in [-0.2, -0.15) is 5.26 Å². The van der Waals surface area contributed by atoms with E-state index < -0.39 is 0 Å². The van der Waals surface area contributed by atoms with Crippen LogP contribution in [0.4, 0.5) is 0 Å². The minimum absolute atomic E-state index is 0.0758. The zero-order valence-electron chi connectivity index (χ0n) is 14.1. The van der Waals surface area contributed by atoms with Gasteiger partial charge in [0.15, 0.2) is 0 Å². The van der Waals surface area contributed by atoms with Gasteiger partial charge in [-0.25, -0.2) is 0 Å². The van der Waals surface area contributed by atoms with Crippen LogP contribution >= 0.6 is 23.2 Å². The SMILES string of the molecule is Cc1ccc([C@@H]([C@@H](C#N)c2ccc(Cl)cc2Cl)N2CCOCC2)cc1. The van der Waals surface area contributed by atoms with Gasteiger partial charge in [0.2, 0.25) is 0 Å². The fourth-order valence-electron chi connectivity index (χ4n) is 3.30. The number of nitriles is 1. The number of hydrogen-bond donors (Lipinski definition) is 0. The van der Waals surface area contributed by atoms with Crippen LogP contribution in [0.1, 0.15) is 28.7 Å². The highest BCUT2D eigenvalue weighted by Crippen LogP contribution is 2.39. The fourth-order valence-corrected chi connectivity index (χ4v) is 3.82. The van der Waals surface area contributed by atoms with Crippen molar-refractivity contribution in [2.75, 3.05) is 26.3 Å². The Morgan fingerprint density at radius 1 is 1.08 bits per heavy atom. The third kappa shape index (κ3) is 4.16. The summed E-state index contributed by atoms with van der Waals surface area (Å²) >= 11 is 12.5. The van der Waals surface area contributed by atoms with E-state index in [9.17, 15) is 5.26 Å². The van der Waals surface area contributed by atoms with Gasteiger partial charge in [-0.1, -0.05) is 59.1 Å². The van der Waals surface area contributed by atoms with Crippen molar-refractivity contribution in [3.63, 3.8) is 0 Å². The summed E-state index contributed by atoms with van der Waals surface area (Å²) in [5, 5.41) is 11.1. The maximum Gasteiger partial charge on any atom is 0.0923 e. The molecule has 3 rings (SSSR count). The van der Waals surface area contributed by atoms with Gasteiger partial charge in [-0.05, 0) is 30.2 Å². The van der Waals surface area contributed by atoms with Crippen molar-refractivity contribution < 1.29 is 4.74 Å². The summed E-state index contributed by atoms with van der Waals surface area (Å²) < 4.78 is 5.50. The van der Waals surface area contributed by atoms with Crippen LogP contribution < -0.4 is 0 Å². The standard InChI is InChI=1S/C20H20Cl2N2O/c1-14-2-4-15(5-3-14)20(24-8-10-25-11-9-24)18(13-23)17-7-6-16(21)12-19(17)22/h2-7,12,18,20H,8-11H2,1H3/t18-,20-/m0/s1. The first-order valence-electron chi connectivity index (χ1n) is 8.33. The third-order valence-corrected chi connectivity index (χ3v) is 5.17. The number of benzene rings is 2. The second-order valence-corrected chi connectivity index (χ2v) is 7.12. The van der Waals surface area contributed by atoms with E-state index in [1.54, 1.807) is 12.1 Å². The molecule has 3 nitrogen and oxygen atoms in total. The monoisotopic (exact) mass is 374 g/mol. The molecule has 2 atom stereocenters. The smallest absolute Gasteiger partial charge is 0.0923 e. The highest BCUT2D eigenvalue weighted by atomic mass is 35.5. The Labute approximate surface area is 158 Å². The lowest BCUT2D eigenvalue weighted by molar-refractivity contribution is 0.0134. The number of hydrogen-bond acceptors (Lipinski definition) is 3. The number of ether oxygens (including phenoxy) is 1. The molecule has 0 N–H and O–H groups in total. The summed E-state index contributed by atoms with van der Waals surface area (Å²) in [7, 11) is 0. The Balaban J connectivity index is 2.04. The molecule has 25 heavy (non-hydrogen) atoms. The van der Waals surface area contributed by atoms with E-state index in [1.165, 1.54) is 5.56 Å². The Hall–Kier alpha value is -1.57. The molecule has 2 aromatic rings. The number of morpholine rings is 1. The molecular weight excluding hydrogens is 355 g/mol. The van der Waals surface area contributed by atoms with Crippen LogP contribution in [-0.2, 0) is 4.74 Å². The Bertz CT molecular complexity index is 764. The first-order chi connectivity index (χ1) is 12.1. The predicted octanol–water partition coefficient (Wildman–Crippen LogP) is 4.98. The van der Waals surface area contributed by atoms with Crippen molar-refractivity contribution >= 4 is 23.2 Å². The van der Waals surface area contributed by atoms with Gasteiger partial charge < -0.3 is 4.74 Å². The van der Waals surface area contributed by atoms with Gasteiger partial charge in [-0.15, -0.1) is 0 Å². The molecule has 1 fully saturated rings. The average Bonchev–Trinajstić information content (AvgIpc) is 2.62. The summed E-state index contributed by atoms with van der Waals surface area (Å²) in [6.07, 6.45) is 0. The first kappa shape index (κ1) is 18.2. The van der Waals surface area contributed by atoms with Gasteiger partial charge in [0.25, 0.3) is 0 Å². The molecule has 130 valence electrons. The van der Waals surface area contributed by atoms with E-state index >= 15 is 0 Å². The Morgan fingerprint density at radius 2 is 1.76 bits per heavy atom. The predicted molar refractivity (Wildman–Crippen MR) is 101 cm³/mol. The lowest BCUT2D eigenvalue weighted by Gasteiger charge is -2.37. The van der Waals surface area contributed by atoms with Crippen molar-refractivity contribution in [3.8, 4) is 6.07 Å². The van der Waals surface area contributed by atoms with E-state index in [2.05, 4.69) is 42.2 Å². The summed E-state index contributed by atoms with van der Waals surface area (Å²) in [5.74, 6) is -0.384. The molecule has 0 amide bonds. The van der Waals surface area contributed by atoms with Crippen LogP contribution in [0.2, 0.25) is 10.0 Å². The number of halogens is 2. The van der Waals surface area contributed by atoms with E-state index in [4.69, 9.17) is 27.9 Å². The van der Waals surface area contributed by atoms with Crippen molar-refractivity contribution in [1.82, 2.24) is 4.90 Å². The third-order valence-electron chi connectivity index (χ3n) is 4.61. The zero-order chi connectivity index (χ0) is 17.8. The maximum atomic E-state index is 9.99. The minimum atomic E-state index is -0.384. The van der Waals surface area contributed by atoms with Gasteiger partial charge in [-0.3, -0.25) is 4.90 Å². The normalized spacial score (nSPS) is 17.7. The maximum absolute atomic E-state index is 9.99. The molecule has 1 aliphatic rings. The van der Waals surface area contributed by atoms with Gasteiger partial charge >= 0.3 is 0 Å². The Morgan fingerprint density at radius 3 is 2.36 bits per heavy atom. The number of rotatable bonds is 4. The van der Waals surface area contributed by atoms with Crippen LogP contribution in [0.25, 0.3) is 0 Å². The van der Waals surface area contributed by atoms with Crippen LogP contribution in [-0.4, -0.2) is 31.2 Å². The van der Waals surface area contributed by atoms with Gasteiger partial charge in [0, 0.05) is 23.1 Å². The second kappa shape index (κ2) is 8.21. The lowest BCUT2D eigenvalue weighted by Crippen LogP contribution is -2.41. The average molecular weight is 375 g/mol. The molecule has 5 heteroatoms. The molecule has 0 spiro atoms. The van der Waals surface area contributed by atoms with Crippen molar-refractivity contribution in [3.05, 3.63) is 69.2 Å². The van der Waals surface area contributed by atoms with E-state index in [0.29, 0.717) is 23.3 Å². The molecular formula is C20H20Cl2N2O. The molecule has 1 aliphatic heterocycles. The fraction of sp³-hybridized carbons (Fsp3) is 0.350. The molecule has 0 bridgehead atoms. The lowest BCUT2D eigenvalue weighted by atomic mass is 9.86. The molecule has 1 heterocycles. The van der Waals surface area contributed by atoms with E-state index in [-0.39, 0.29) is 12.0 Å². The highest BCUT2D eigenvalue weighted by molar-refractivity contribution is 6.35. The van der Waals surface area contributed by atoms with E-state index in [0.717, 1.165) is 24.2 Å². The molecule has 1 saturated heterocycles. The molecule has 2 aromatic carbocycles. The highest BCUT2D eigenvalue weighted by Gasteiger charge is 2.32. The Kier molecular flexibility index (Phi) is 5.98. The summed E-state index contributed by atoms with van der Waals surface area (Å²) in [4.78, 5) is 2.31. The largest absolute Gasteiger partial charge is 0.379 e. The molecule has 0 unspecified atom stereocenters. The van der Waals surface area contributed by atoms with Crippen LogP contribution in [0.3, 0.4) is 0 Å². The topological polar surface area (TPSA) is 36.3 Å². The van der Waals surface area contributed by atoms with Crippen LogP contribution in [0.5, 0.6) is 0 Å². The van der Waals surface area contributed by atoms with Crippen molar-refractivity contribution in [1.29, 1.82) is 5.26 Å².